The van der Waals surface area contributed by atoms with Crippen molar-refractivity contribution < 1.29 is 22.7 Å². The van der Waals surface area contributed by atoms with E-state index in [1.807, 2.05) is 4.90 Å². The Morgan fingerprint density at radius 1 is 1.12 bits per heavy atom. The van der Waals surface area contributed by atoms with Crippen molar-refractivity contribution in [3.8, 4) is 6.01 Å². The van der Waals surface area contributed by atoms with Crippen LogP contribution < -0.4 is 20.7 Å². The molecule has 1 fully saturated rings. The van der Waals surface area contributed by atoms with Crippen molar-refractivity contribution in [1.82, 2.24) is 19.9 Å². The highest BCUT2D eigenvalue weighted by atomic mass is 35.5. The Morgan fingerprint density at radius 3 is 2.55 bits per heavy atom. The zero-order valence-electron chi connectivity index (χ0n) is 21.6. The summed E-state index contributed by atoms with van der Waals surface area (Å²) in [5, 5.41) is 3.69. The van der Waals surface area contributed by atoms with E-state index in [1.54, 1.807) is 18.3 Å². The number of aromatic nitrogens is 3. The normalized spacial score (nSPS) is 16.4. The van der Waals surface area contributed by atoms with E-state index in [4.69, 9.17) is 22.1 Å². The molecule has 2 aliphatic rings. The molecule has 9 nitrogen and oxygen atoms in total. The molecule has 5 rings (SSSR count). The number of hydrogen-bond donors (Lipinski definition) is 2. The molecule has 0 radical (unpaired) electrons. The minimum atomic E-state index is -4.42. The summed E-state index contributed by atoms with van der Waals surface area (Å²) in [6.45, 7) is 3.48. The van der Waals surface area contributed by atoms with Crippen LogP contribution in [0.5, 0.6) is 6.01 Å². The van der Waals surface area contributed by atoms with Crippen LogP contribution in [0.25, 0.3) is 0 Å². The minimum absolute atomic E-state index is 0.0875. The number of nitrogens with zero attached hydrogens (tertiary/aromatic N) is 5. The Balaban J connectivity index is 1.34. The van der Waals surface area contributed by atoms with Gasteiger partial charge in [0.15, 0.2) is 0 Å². The quantitative estimate of drug-likeness (QED) is 0.406. The number of pyridine rings is 1. The predicted octanol–water partition coefficient (Wildman–Crippen LogP) is 4.43. The van der Waals surface area contributed by atoms with Gasteiger partial charge in [-0.3, -0.25) is 9.69 Å². The Hall–Kier alpha value is -3.64. The van der Waals surface area contributed by atoms with Crippen LogP contribution in [0.15, 0.2) is 42.6 Å². The highest BCUT2D eigenvalue weighted by Gasteiger charge is 2.30. The van der Waals surface area contributed by atoms with Crippen molar-refractivity contribution in [1.29, 1.82) is 0 Å². The molecule has 1 amide bonds. The van der Waals surface area contributed by atoms with Crippen LogP contribution in [0, 0.1) is 5.92 Å². The predicted molar refractivity (Wildman–Crippen MR) is 145 cm³/mol. The van der Waals surface area contributed by atoms with Gasteiger partial charge in [-0.25, -0.2) is 4.98 Å². The molecular formula is C27H29ClF3N7O2. The topological polar surface area (TPSA) is 110 Å². The van der Waals surface area contributed by atoms with E-state index >= 15 is 0 Å². The van der Waals surface area contributed by atoms with E-state index in [0.29, 0.717) is 55.0 Å². The fourth-order valence-corrected chi connectivity index (χ4v) is 5.19. The molecule has 0 bridgehead atoms. The number of likely N-dealkylation sites (tertiary alicyclic amines) is 1. The molecule has 40 heavy (non-hydrogen) atoms. The van der Waals surface area contributed by atoms with Gasteiger partial charge in [-0.15, -0.1) is 0 Å². The van der Waals surface area contributed by atoms with Gasteiger partial charge >= 0.3 is 12.2 Å². The number of carbonyl (C=O) groups is 1. The van der Waals surface area contributed by atoms with Gasteiger partial charge in [0.2, 0.25) is 5.91 Å². The Labute approximate surface area is 234 Å². The largest absolute Gasteiger partial charge is 0.462 e. The number of halogens is 4. The lowest BCUT2D eigenvalue weighted by Gasteiger charge is -2.31. The van der Waals surface area contributed by atoms with E-state index in [1.165, 1.54) is 12.1 Å². The fourth-order valence-electron chi connectivity index (χ4n) is 4.95. The standard InChI is InChI=1S/C27H29ClF3N7O2/c28-21-2-1-10-33-25(21)38-13-9-20-22(16-38)35-26(40-15-14-37-11-7-17(8-12-37)23(32)39)36-24(20)34-19-5-3-18(4-6-19)27(29,30)31/h1-6,10,17H,7-9,11-16H2,(H2,32,39)(H,34,35,36). The maximum absolute atomic E-state index is 13.0. The first kappa shape index (κ1) is 27.9. The smallest absolute Gasteiger partial charge is 0.416 e. The van der Waals surface area contributed by atoms with Crippen LogP contribution in [-0.2, 0) is 23.9 Å². The van der Waals surface area contributed by atoms with E-state index in [-0.39, 0.29) is 17.8 Å². The highest BCUT2D eigenvalue weighted by Crippen LogP contribution is 2.34. The number of ether oxygens (including phenoxy) is 1. The number of anilines is 3. The van der Waals surface area contributed by atoms with E-state index < -0.39 is 11.7 Å². The van der Waals surface area contributed by atoms with Gasteiger partial charge in [0.05, 0.1) is 22.8 Å². The first-order chi connectivity index (χ1) is 19.2. The first-order valence-electron chi connectivity index (χ1n) is 13.0. The number of rotatable bonds is 8. The average molecular weight is 576 g/mol. The van der Waals surface area contributed by atoms with Crippen molar-refractivity contribution in [3.63, 3.8) is 0 Å². The van der Waals surface area contributed by atoms with Crippen molar-refractivity contribution in [3.05, 3.63) is 64.4 Å². The van der Waals surface area contributed by atoms with Crippen molar-refractivity contribution in [2.75, 3.05) is 43.0 Å². The molecule has 0 saturated carbocycles. The third-order valence-corrected chi connectivity index (χ3v) is 7.48. The number of primary amides is 1. The van der Waals surface area contributed by atoms with Crippen molar-refractivity contribution >= 4 is 34.8 Å². The van der Waals surface area contributed by atoms with Gasteiger partial charge in [0.25, 0.3) is 0 Å². The van der Waals surface area contributed by atoms with Crippen molar-refractivity contribution in [2.24, 2.45) is 11.7 Å². The molecule has 1 aromatic carbocycles. The summed E-state index contributed by atoms with van der Waals surface area (Å²) in [4.78, 5) is 29.3. The molecule has 13 heteroatoms. The number of amides is 1. The molecule has 3 aromatic rings. The molecular weight excluding hydrogens is 547 g/mol. The summed E-state index contributed by atoms with van der Waals surface area (Å²) < 4.78 is 45.1. The Kier molecular flexibility index (Phi) is 8.27. The maximum atomic E-state index is 13.0. The lowest BCUT2D eigenvalue weighted by Crippen LogP contribution is -2.40. The van der Waals surface area contributed by atoms with Gasteiger partial charge in [0.1, 0.15) is 18.2 Å². The van der Waals surface area contributed by atoms with Crippen molar-refractivity contribution in [2.45, 2.75) is 32.0 Å². The third kappa shape index (κ3) is 6.56. The van der Waals surface area contributed by atoms with E-state index in [0.717, 1.165) is 49.3 Å². The second-order valence-electron chi connectivity index (χ2n) is 9.83. The first-order valence-corrected chi connectivity index (χ1v) is 13.4. The fraction of sp³-hybridized carbons (Fsp3) is 0.407. The lowest BCUT2D eigenvalue weighted by atomic mass is 9.96. The zero-order valence-corrected chi connectivity index (χ0v) is 22.4. The second-order valence-corrected chi connectivity index (χ2v) is 10.2. The van der Waals surface area contributed by atoms with Gasteiger partial charge < -0.3 is 20.7 Å². The summed E-state index contributed by atoms with van der Waals surface area (Å²) in [5.41, 5.74) is 6.73. The molecule has 0 spiro atoms. The molecule has 2 aliphatic heterocycles. The van der Waals surface area contributed by atoms with Gasteiger partial charge in [0, 0.05) is 36.5 Å². The van der Waals surface area contributed by atoms with Crippen LogP contribution in [0.3, 0.4) is 0 Å². The second kappa shape index (κ2) is 11.8. The van der Waals surface area contributed by atoms with Crippen LogP contribution in [0.4, 0.5) is 30.5 Å². The lowest BCUT2D eigenvalue weighted by molar-refractivity contribution is -0.137. The van der Waals surface area contributed by atoms with E-state index in [2.05, 4.69) is 25.2 Å². The zero-order chi connectivity index (χ0) is 28.3. The summed E-state index contributed by atoms with van der Waals surface area (Å²) in [6, 6.07) is 8.50. The summed E-state index contributed by atoms with van der Waals surface area (Å²) in [5.74, 6) is 0.782. The summed E-state index contributed by atoms with van der Waals surface area (Å²) in [6.07, 6.45) is -0.732. The Morgan fingerprint density at radius 2 is 1.88 bits per heavy atom. The van der Waals surface area contributed by atoms with Crippen LogP contribution in [0.1, 0.15) is 29.7 Å². The maximum Gasteiger partial charge on any atom is 0.416 e. The number of fused-ring (bicyclic) bond motifs is 1. The summed E-state index contributed by atoms with van der Waals surface area (Å²) in [7, 11) is 0. The number of alkyl halides is 3. The molecule has 1 saturated heterocycles. The molecule has 0 unspecified atom stereocenters. The molecule has 0 aliphatic carbocycles. The Bertz CT molecular complexity index is 1350. The number of nitrogens with one attached hydrogen (secondary N) is 1. The molecule has 3 N–H and O–H groups in total. The average Bonchev–Trinajstić information content (AvgIpc) is 2.93. The van der Waals surface area contributed by atoms with Gasteiger partial charge in [-0.05, 0) is 68.8 Å². The van der Waals surface area contributed by atoms with Gasteiger partial charge in [-0.1, -0.05) is 11.6 Å². The number of nitrogens with two attached hydrogens (primary N) is 1. The van der Waals surface area contributed by atoms with E-state index in [9.17, 15) is 18.0 Å². The third-order valence-electron chi connectivity index (χ3n) is 7.19. The minimum Gasteiger partial charge on any atom is -0.462 e. The molecule has 4 heterocycles. The SMILES string of the molecule is NC(=O)C1CCN(CCOc2nc3c(c(Nc4ccc(C(F)(F)F)cc4)n2)CCN(c2ncccc2Cl)C3)CC1. The number of hydrogen-bond acceptors (Lipinski definition) is 8. The number of benzene rings is 1. The number of carbonyl (C=O) groups excluding carboxylic acids is 1. The molecule has 2 aromatic heterocycles. The van der Waals surface area contributed by atoms with Gasteiger partial charge in [-0.2, -0.15) is 23.1 Å². The highest BCUT2D eigenvalue weighted by molar-refractivity contribution is 6.32. The molecule has 212 valence electrons. The molecule has 0 atom stereocenters. The monoisotopic (exact) mass is 575 g/mol. The van der Waals surface area contributed by atoms with Crippen LogP contribution in [0.2, 0.25) is 5.02 Å². The summed E-state index contributed by atoms with van der Waals surface area (Å²) >= 11 is 6.38. The van der Waals surface area contributed by atoms with Crippen LogP contribution >= 0.6 is 11.6 Å². The van der Waals surface area contributed by atoms with Crippen LogP contribution in [-0.4, -0.2) is 58.5 Å². The number of piperidine rings is 1.